The molecule has 0 saturated heterocycles. The summed E-state index contributed by atoms with van der Waals surface area (Å²) in [6, 6.07) is 9.87. The van der Waals surface area contributed by atoms with Crippen molar-refractivity contribution in [3.05, 3.63) is 48.3 Å². The third kappa shape index (κ3) is 3.51. The van der Waals surface area contributed by atoms with Crippen LogP contribution in [-0.4, -0.2) is 15.7 Å². The maximum absolute atomic E-state index is 5.67. The van der Waals surface area contributed by atoms with E-state index in [9.17, 15) is 0 Å². The maximum Gasteiger partial charge on any atom is 0.156 e. The molecule has 1 aromatic heterocycles. The summed E-state index contributed by atoms with van der Waals surface area (Å²) in [5.74, 6) is 7.25. The molecular formula is C13H11N3S. The molecule has 1 aromatic carbocycles. The van der Waals surface area contributed by atoms with Crippen molar-refractivity contribution in [2.75, 3.05) is 11.5 Å². The Hall–Kier alpha value is -1.99. The summed E-state index contributed by atoms with van der Waals surface area (Å²) in [6.07, 6.45) is 3.21. The molecule has 0 aliphatic carbocycles. The molecule has 0 aliphatic heterocycles. The standard InChI is InChI=1S/C13H11N3S/c14-12-13(16-9-8-15-12)17-10-4-7-11-5-2-1-3-6-11/h1-3,5-6,8-9H,10H2,(H2,14,15). The van der Waals surface area contributed by atoms with Gasteiger partial charge in [-0.15, -0.1) is 0 Å². The van der Waals surface area contributed by atoms with E-state index in [0.717, 1.165) is 10.6 Å². The van der Waals surface area contributed by atoms with E-state index < -0.39 is 0 Å². The zero-order valence-electron chi connectivity index (χ0n) is 9.13. The molecule has 3 nitrogen and oxygen atoms in total. The highest BCUT2D eigenvalue weighted by Gasteiger charge is 1.99. The summed E-state index contributed by atoms with van der Waals surface area (Å²) in [5, 5.41) is 0.731. The molecular weight excluding hydrogens is 230 g/mol. The van der Waals surface area contributed by atoms with Crippen LogP contribution in [0.4, 0.5) is 5.82 Å². The van der Waals surface area contributed by atoms with Crippen LogP contribution in [0.15, 0.2) is 47.8 Å². The molecule has 0 unspecified atom stereocenters. The Morgan fingerprint density at radius 1 is 1.12 bits per heavy atom. The zero-order valence-corrected chi connectivity index (χ0v) is 9.95. The van der Waals surface area contributed by atoms with Gasteiger partial charge in [0.25, 0.3) is 0 Å². The van der Waals surface area contributed by atoms with E-state index in [1.54, 1.807) is 12.4 Å². The van der Waals surface area contributed by atoms with Gasteiger partial charge in [-0.1, -0.05) is 41.8 Å². The molecule has 0 aliphatic rings. The van der Waals surface area contributed by atoms with Gasteiger partial charge < -0.3 is 5.73 Å². The number of hydrogen-bond donors (Lipinski definition) is 1. The zero-order chi connectivity index (χ0) is 11.9. The summed E-state index contributed by atoms with van der Waals surface area (Å²) in [5.41, 5.74) is 6.69. The second-order valence-corrected chi connectivity index (χ2v) is 4.17. The van der Waals surface area contributed by atoms with Gasteiger partial charge in [-0.3, -0.25) is 0 Å². The number of rotatable bonds is 2. The van der Waals surface area contributed by atoms with E-state index in [2.05, 4.69) is 21.8 Å². The Bertz CT molecular complexity index is 543. The Kier molecular flexibility index (Phi) is 4.00. The molecule has 0 fully saturated rings. The van der Waals surface area contributed by atoms with E-state index >= 15 is 0 Å². The van der Waals surface area contributed by atoms with E-state index in [-0.39, 0.29) is 0 Å². The second kappa shape index (κ2) is 5.92. The normalized spacial score (nSPS) is 9.41. The van der Waals surface area contributed by atoms with Crippen molar-refractivity contribution >= 4 is 17.6 Å². The molecule has 4 heteroatoms. The number of benzene rings is 1. The lowest BCUT2D eigenvalue weighted by Crippen LogP contribution is -1.94. The Balaban J connectivity index is 1.93. The predicted octanol–water partition coefficient (Wildman–Crippen LogP) is 2.20. The number of nitrogen functional groups attached to an aromatic ring is 1. The number of anilines is 1. The Labute approximate surface area is 104 Å². The minimum atomic E-state index is 0.457. The minimum absolute atomic E-state index is 0.457. The first-order chi connectivity index (χ1) is 8.36. The minimum Gasteiger partial charge on any atom is -0.381 e. The van der Waals surface area contributed by atoms with Crippen molar-refractivity contribution in [1.82, 2.24) is 9.97 Å². The second-order valence-electron chi connectivity index (χ2n) is 3.20. The first-order valence-corrected chi connectivity index (χ1v) is 6.08. The van der Waals surface area contributed by atoms with E-state index in [1.807, 2.05) is 30.3 Å². The summed E-state index contributed by atoms with van der Waals surface area (Å²) in [4.78, 5) is 8.09. The van der Waals surface area contributed by atoms with Crippen LogP contribution in [0.2, 0.25) is 0 Å². The van der Waals surface area contributed by atoms with Crippen molar-refractivity contribution in [2.24, 2.45) is 0 Å². The number of nitrogens with two attached hydrogens (primary N) is 1. The summed E-state index contributed by atoms with van der Waals surface area (Å²) < 4.78 is 0. The molecule has 17 heavy (non-hydrogen) atoms. The molecule has 0 bridgehead atoms. The number of nitrogens with zero attached hydrogens (tertiary/aromatic N) is 2. The average molecular weight is 241 g/mol. The molecule has 2 rings (SSSR count). The fraction of sp³-hybridized carbons (Fsp3) is 0.0769. The van der Waals surface area contributed by atoms with Crippen LogP contribution >= 0.6 is 11.8 Å². The van der Waals surface area contributed by atoms with Gasteiger partial charge in [-0.05, 0) is 12.1 Å². The third-order valence-corrected chi connectivity index (χ3v) is 2.86. The first-order valence-electron chi connectivity index (χ1n) is 5.09. The van der Waals surface area contributed by atoms with Crippen LogP contribution in [0.3, 0.4) is 0 Å². The lowest BCUT2D eigenvalue weighted by molar-refractivity contribution is 1.07. The van der Waals surface area contributed by atoms with E-state index in [1.165, 1.54) is 11.8 Å². The van der Waals surface area contributed by atoms with Crippen LogP contribution in [0.25, 0.3) is 0 Å². The molecule has 0 atom stereocenters. The molecule has 2 N–H and O–H groups in total. The monoisotopic (exact) mass is 241 g/mol. The van der Waals surface area contributed by atoms with Gasteiger partial charge in [-0.25, -0.2) is 9.97 Å². The highest BCUT2D eigenvalue weighted by atomic mass is 32.2. The SMILES string of the molecule is Nc1nccnc1SCC#Cc1ccccc1. The van der Waals surface area contributed by atoms with Crippen LogP contribution in [0, 0.1) is 11.8 Å². The number of aromatic nitrogens is 2. The molecule has 0 radical (unpaired) electrons. The highest BCUT2D eigenvalue weighted by Crippen LogP contribution is 2.18. The van der Waals surface area contributed by atoms with Gasteiger partial charge in [0.15, 0.2) is 5.82 Å². The molecule has 0 spiro atoms. The van der Waals surface area contributed by atoms with E-state index in [0.29, 0.717) is 11.6 Å². The van der Waals surface area contributed by atoms with Crippen molar-refractivity contribution in [2.45, 2.75) is 5.03 Å². The van der Waals surface area contributed by atoms with Crippen LogP contribution < -0.4 is 5.73 Å². The molecule has 0 saturated carbocycles. The average Bonchev–Trinajstić information content (AvgIpc) is 2.38. The molecule has 2 aromatic rings. The largest absolute Gasteiger partial charge is 0.381 e. The van der Waals surface area contributed by atoms with E-state index in [4.69, 9.17) is 5.73 Å². The molecule has 0 amide bonds. The Morgan fingerprint density at radius 2 is 1.88 bits per heavy atom. The Morgan fingerprint density at radius 3 is 2.65 bits per heavy atom. The maximum atomic E-state index is 5.67. The van der Waals surface area contributed by atoms with Gasteiger partial charge in [0.2, 0.25) is 0 Å². The van der Waals surface area contributed by atoms with Crippen molar-refractivity contribution in [3.8, 4) is 11.8 Å². The number of thioether (sulfide) groups is 1. The highest BCUT2D eigenvalue weighted by molar-refractivity contribution is 7.99. The fourth-order valence-corrected chi connectivity index (χ4v) is 1.83. The van der Waals surface area contributed by atoms with Crippen molar-refractivity contribution in [1.29, 1.82) is 0 Å². The van der Waals surface area contributed by atoms with Gasteiger partial charge in [0.1, 0.15) is 5.03 Å². The van der Waals surface area contributed by atoms with Crippen LogP contribution in [0.1, 0.15) is 5.56 Å². The van der Waals surface area contributed by atoms with Gasteiger partial charge >= 0.3 is 0 Å². The third-order valence-electron chi connectivity index (χ3n) is 1.98. The lowest BCUT2D eigenvalue weighted by Gasteiger charge is -1.98. The quantitative estimate of drug-likeness (QED) is 0.647. The van der Waals surface area contributed by atoms with Crippen LogP contribution in [-0.2, 0) is 0 Å². The number of hydrogen-bond acceptors (Lipinski definition) is 4. The van der Waals surface area contributed by atoms with Gasteiger partial charge in [-0.2, -0.15) is 0 Å². The predicted molar refractivity (Wildman–Crippen MR) is 70.5 cm³/mol. The van der Waals surface area contributed by atoms with Crippen molar-refractivity contribution in [3.63, 3.8) is 0 Å². The topological polar surface area (TPSA) is 51.8 Å². The van der Waals surface area contributed by atoms with Crippen LogP contribution in [0.5, 0.6) is 0 Å². The lowest BCUT2D eigenvalue weighted by atomic mass is 10.2. The smallest absolute Gasteiger partial charge is 0.156 e. The van der Waals surface area contributed by atoms with Crippen molar-refractivity contribution < 1.29 is 0 Å². The molecule has 84 valence electrons. The van der Waals surface area contributed by atoms with Gasteiger partial charge in [0.05, 0.1) is 5.75 Å². The van der Waals surface area contributed by atoms with Gasteiger partial charge in [0, 0.05) is 18.0 Å². The summed E-state index contributed by atoms with van der Waals surface area (Å²) in [6.45, 7) is 0. The summed E-state index contributed by atoms with van der Waals surface area (Å²) in [7, 11) is 0. The fourth-order valence-electron chi connectivity index (χ4n) is 1.21. The first kappa shape index (κ1) is 11.5. The molecule has 1 heterocycles. The summed E-state index contributed by atoms with van der Waals surface area (Å²) >= 11 is 1.49.